The first-order valence-corrected chi connectivity index (χ1v) is 12.3. The highest BCUT2D eigenvalue weighted by atomic mass is 16.6. The Bertz CT molecular complexity index is 1750. The maximum Gasteiger partial charge on any atom is 0.318 e. The first-order chi connectivity index (χ1) is 19.1. The van der Waals surface area contributed by atoms with E-state index in [1.807, 2.05) is 30.3 Å². The second-order valence-electron chi connectivity index (χ2n) is 10.1. The number of nitro groups is 2. The molecule has 200 valence electrons. The summed E-state index contributed by atoms with van der Waals surface area (Å²) in [5.41, 5.74) is 4.13. The van der Waals surface area contributed by atoms with Crippen LogP contribution in [0.25, 0.3) is 22.6 Å². The summed E-state index contributed by atoms with van der Waals surface area (Å²) in [6, 6.07) is 23.7. The molecule has 0 radical (unpaired) electrons. The number of benzene rings is 4. The number of fused-ring (bicyclic) bond motifs is 1. The van der Waals surface area contributed by atoms with E-state index >= 15 is 0 Å². The van der Waals surface area contributed by atoms with Gasteiger partial charge in [-0.3, -0.25) is 25.2 Å². The molecule has 0 saturated heterocycles. The summed E-state index contributed by atoms with van der Waals surface area (Å²) in [6.07, 6.45) is 1.67. The second kappa shape index (κ2) is 10.4. The van der Waals surface area contributed by atoms with Crippen molar-refractivity contribution in [2.45, 2.75) is 26.2 Å². The number of oxazole rings is 1. The van der Waals surface area contributed by atoms with E-state index in [2.05, 4.69) is 42.9 Å². The molecular weight excluding hydrogens is 512 g/mol. The average molecular weight is 537 g/mol. The second-order valence-corrected chi connectivity index (χ2v) is 10.1. The largest absolute Gasteiger partial charge is 0.450 e. The molecule has 1 heterocycles. The zero-order valence-corrected chi connectivity index (χ0v) is 21.9. The van der Waals surface area contributed by atoms with E-state index in [1.54, 1.807) is 30.5 Å². The Morgan fingerprint density at radius 1 is 0.875 bits per heavy atom. The Balaban J connectivity index is 1.30. The number of aromatic nitrogens is 1. The molecule has 0 spiro atoms. The normalized spacial score (nSPS) is 11.7. The van der Waals surface area contributed by atoms with Crippen molar-refractivity contribution in [3.8, 4) is 23.0 Å². The molecule has 0 N–H and O–H groups in total. The summed E-state index contributed by atoms with van der Waals surface area (Å²) >= 11 is 0. The van der Waals surface area contributed by atoms with Crippen molar-refractivity contribution in [1.29, 1.82) is 0 Å². The fourth-order valence-electron chi connectivity index (χ4n) is 3.98. The van der Waals surface area contributed by atoms with Gasteiger partial charge in [0.2, 0.25) is 11.6 Å². The van der Waals surface area contributed by atoms with Crippen LogP contribution >= 0.6 is 0 Å². The van der Waals surface area contributed by atoms with Crippen LogP contribution < -0.4 is 4.74 Å². The molecule has 1 aromatic heterocycles. The van der Waals surface area contributed by atoms with Crippen LogP contribution in [-0.4, -0.2) is 21.0 Å². The molecule has 4 aromatic carbocycles. The van der Waals surface area contributed by atoms with Crippen LogP contribution in [0.15, 0.2) is 94.3 Å². The number of hydrogen-bond acceptors (Lipinski definition) is 8. The summed E-state index contributed by atoms with van der Waals surface area (Å²) in [6.45, 7) is 6.50. The number of nitrogens with zero attached hydrogens (tertiary/aromatic N) is 4. The van der Waals surface area contributed by atoms with Gasteiger partial charge in [-0.15, -0.1) is 0 Å². The van der Waals surface area contributed by atoms with Crippen LogP contribution in [0.4, 0.5) is 17.1 Å². The lowest BCUT2D eigenvalue weighted by atomic mass is 9.87. The minimum Gasteiger partial charge on any atom is -0.450 e. The summed E-state index contributed by atoms with van der Waals surface area (Å²) in [4.78, 5) is 30.0. The van der Waals surface area contributed by atoms with E-state index in [9.17, 15) is 20.2 Å². The van der Waals surface area contributed by atoms with Gasteiger partial charge in [0.15, 0.2) is 5.58 Å². The fourth-order valence-corrected chi connectivity index (χ4v) is 3.98. The van der Waals surface area contributed by atoms with Gasteiger partial charge < -0.3 is 9.15 Å². The Morgan fingerprint density at radius 2 is 1.60 bits per heavy atom. The molecule has 40 heavy (non-hydrogen) atoms. The zero-order chi connectivity index (χ0) is 28.4. The third-order valence-electron chi connectivity index (χ3n) is 6.19. The Kier molecular flexibility index (Phi) is 6.83. The van der Waals surface area contributed by atoms with E-state index in [1.165, 1.54) is 11.6 Å². The molecule has 5 rings (SSSR count). The Labute approximate surface area is 228 Å². The van der Waals surface area contributed by atoms with E-state index in [4.69, 9.17) is 9.15 Å². The highest BCUT2D eigenvalue weighted by Gasteiger charge is 2.21. The maximum atomic E-state index is 11.3. The number of nitro benzene ring substituents is 2. The first-order valence-electron chi connectivity index (χ1n) is 12.3. The first kappa shape index (κ1) is 26.2. The molecular formula is C30H24N4O6. The molecule has 0 bridgehead atoms. The monoisotopic (exact) mass is 536 g/mol. The summed E-state index contributed by atoms with van der Waals surface area (Å²) in [5, 5.41) is 22.3. The van der Waals surface area contributed by atoms with Gasteiger partial charge in [-0.25, -0.2) is 4.98 Å². The van der Waals surface area contributed by atoms with Gasteiger partial charge in [0.05, 0.1) is 21.6 Å². The molecule has 0 unspecified atom stereocenters. The lowest BCUT2D eigenvalue weighted by molar-refractivity contribution is -0.394. The number of hydrogen-bond donors (Lipinski definition) is 0. The van der Waals surface area contributed by atoms with Crippen molar-refractivity contribution in [2.24, 2.45) is 4.99 Å². The predicted octanol–water partition coefficient (Wildman–Crippen LogP) is 8.15. The fraction of sp³-hybridized carbons (Fsp3) is 0.133. The van der Waals surface area contributed by atoms with Crippen molar-refractivity contribution >= 4 is 34.4 Å². The van der Waals surface area contributed by atoms with Crippen LogP contribution in [-0.2, 0) is 5.41 Å². The number of aliphatic imine (C=N–C) groups is 1. The molecule has 0 fully saturated rings. The Morgan fingerprint density at radius 3 is 2.25 bits per heavy atom. The van der Waals surface area contributed by atoms with Gasteiger partial charge in [-0.2, -0.15) is 0 Å². The lowest BCUT2D eigenvalue weighted by Crippen LogP contribution is -2.10. The third kappa shape index (κ3) is 5.70. The number of ether oxygens (including phenoxy) is 1. The van der Waals surface area contributed by atoms with Gasteiger partial charge in [0.25, 0.3) is 5.69 Å². The minimum absolute atomic E-state index is 0.0635. The van der Waals surface area contributed by atoms with Crippen LogP contribution in [0.2, 0.25) is 0 Å². The standard InChI is InChI=1S/C30H24N4O6/c1-30(2,3)21-8-6-20(7-9-21)29-32-25-16-22(10-14-27(25)40-29)31-18-19-4-12-24(13-5-19)39-28-15-11-23(33(35)36)17-26(28)34(37)38/h4-18H,1-3H3. The smallest absolute Gasteiger partial charge is 0.318 e. The molecule has 10 nitrogen and oxygen atoms in total. The van der Waals surface area contributed by atoms with E-state index in [-0.39, 0.29) is 16.9 Å². The van der Waals surface area contributed by atoms with Crippen molar-refractivity contribution < 1.29 is 19.0 Å². The molecule has 0 atom stereocenters. The maximum absolute atomic E-state index is 11.3. The van der Waals surface area contributed by atoms with Crippen LogP contribution in [0.1, 0.15) is 31.9 Å². The van der Waals surface area contributed by atoms with E-state index < -0.39 is 15.5 Å². The predicted molar refractivity (Wildman–Crippen MR) is 152 cm³/mol. The topological polar surface area (TPSA) is 134 Å². The molecule has 0 aliphatic heterocycles. The zero-order valence-electron chi connectivity index (χ0n) is 21.9. The summed E-state index contributed by atoms with van der Waals surface area (Å²) in [7, 11) is 0. The van der Waals surface area contributed by atoms with Gasteiger partial charge in [-0.1, -0.05) is 32.9 Å². The van der Waals surface area contributed by atoms with Gasteiger partial charge in [0.1, 0.15) is 11.3 Å². The highest BCUT2D eigenvalue weighted by Crippen LogP contribution is 2.34. The van der Waals surface area contributed by atoms with E-state index in [0.29, 0.717) is 28.4 Å². The summed E-state index contributed by atoms with van der Waals surface area (Å²) in [5.74, 6) is 0.782. The van der Waals surface area contributed by atoms with Crippen LogP contribution in [0.3, 0.4) is 0 Å². The van der Waals surface area contributed by atoms with Crippen molar-refractivity contribution in [2.75, 3.05) is 0 Å². The molecule has 0 aliphatic rings. The van der Waals surface area contributed by atoms with Crippen molar-refractivity contribution in [3.05, 3.63) is 116 Å². The number of non-ortho nitro benzene ring substituents is 1. The minimum atomic E-state index is -0.722. The van der Waals surface area contributed by atoms with Gasteiger partial charge in [-0.05, 0) is 77.2 Å². The van der Waals surface area contributed by atoms with Crippen molar-refractivity contribution in [1.82, 2.24) is 4.98 Å². The highest BCUT2D eigenvalue weighted by molar-refractivity contribution is 5.85. The Hall–Kier alpha value is -5.38. The quantitative estimate of drug-likeness (QED) is 0.116. The lowest BCUT2D eigenvalue weighted by Gasteiger charge is -2.18. The summed E-state index contributed by atoms with van der Waals surface area (Å²) < 4.78 is 11.6. The molecule has 0 amide bonds. The molecule has 5 aromatic rings. The van der Waals surface area contributed by atoms with Crippen LogP contribution in [0, 0.1) is 20.2 Å². The molecule has 10 heteroatoms. The number of rotatable bonds is 7. The van der Waals surface area contributed by atoms with Gasteiger partial charge in [0, 0.05) is 17.8 Å². The van der Waals surface area contributed by atoms with Crippen LogP contribution in [0.5, 0.6) is 11.5 Å². The molecule has 0 aliphatic carbocycles. The molecule has 0 saturated carbocycles. The average Bonchev–Trinajstić information content (AvgIpc) is 3.36. The van der Waals surface area contributed by atoms with Crippen molar-refractivity contribution in [3.63, 3.8) is 0 Å². The van der Waals surface area contributed by atoms with Gasteiger partial charge >= 0.3 is 5.69 Å². The third-order valence-corrected chi connectivity index (χ3v) is 6.19. The van der Waals surface area contributed by atoms with E-state index in [0.717, 1.165) is 23.3 Å². The SMILES string of the molecule is CC(C)(C)c1ccc(-c2nc3cc(N=Cc4ccc(Oc5ccc([N+](=O)[O-])cc5[N+](=O)[O-])cc4)ccc3o2)cc1.